The van der Waals surface area contributed by atoms with E-state index in [1.54, 1.807) is 24.3 Å². The Morgan fingerprint density at radius 1 is 1.24 bits per heavy atom. The Hall–Kier alpha value is -1.51. The number of carboxylic acid groups (broad SMARTS) is 1. The van der Waals surface area contributed by atoms with E-state index in [2.05, 4.69) is 13.8 Å². The van der Waals surface area contributed by atoms with Gasteiger partial charge in [0.1, 0.15) is 5.75 Å². The molecular formula is C14H20O3. The van der Waals surface area contributed by atoms with E-state index < -0.39 is 5.97 Å². The molecule has 17 heavy (non-hydrogen) atoms. The van der Waals surface area contributed by atoms with Crippen molar-refractivity contribution >= 4 is 5.97 Å². The first kappa shape index (κ1) is 13.6. The molecule has 1 rings (SSSR count). The van der Waals surface area contributed by atoms with Gasteiger partial charge in [0.25, 0.3) is 0 Å². The van der Waals surface area contributed by atoms with Gasteiger partial charge in [0, 0.05) is 0 Å². The average molecular weight is 236 g/mol. The second-order valence-electron chi connectivity index (χ2n) is 4.15. The van der Waals surface area contributed by atoms with Gasteiger partial charge in [-0.15, -0.1) is 0 Å². The Labute approximate surface area is 102 Å². The number of hydrogen-bond donors (Lipinski definition) is 1. The lowest BCUT2D eigenvalue weighted by molar-refractivity contribution is 0.0697. The molecule has 0 unspecified atom stereocenters. The van der Waals surface area contributed by atoms with Crippen LogP contribution in [0.25, 0.3) is 0 Å². The first-order chi connectivity index (χ1) is 8.17. The van der Waals surface area contributed by atoms with Crippen LogP contribution in [0.3, 0.4) is 0 Å². The summed E-state index contributed by atoms with van der Waals surface area (Å²) in [5.74, 6) is 0.544. The Kier molecular flexibility index (Phi) is 5.53. The minimum absolute atomic E-state index is 0.289. The number of aromatic carboxylic acids is 1. The molecule has 3 heteroatoms. The lowest BCUT2D eigenvalue weighted by atomic mass is 10.0. The second kappa shape index (κ2) is 6.94. The van der Waals surface area contributed by atoms with Gasteiger partial charge in [-0.1, -0.05) is 26.7 Å². The van der Waals surface area contributed by atoms with Crippen molar-refractivity contribution in [1.29, 1.82) is 0 Å². The molecule has 0 saturated heterocycles. The van der Waals surface area contributed by atoms with Crippen molar-refractivity contribution in [2.24, 2.45) is 5.92 Å². The quantitative estimate of drug-likeness (QED) is 0.787. The Bertz CT molecular complexity index is 339. The maximum Gasteiger partial charge on any atom is 0.335 e. The molecule has 0 heterocycles. The van der Waals surface area contributed by atoms with Gasteiger partial charge in [-0.25, -0.2) is 4.79 Å². The van der Waals surface area contributed by atoms with E-state index in [0.717, 1.165) is 12.2 Å². The van der Waals surface area contributed by atoms with Gasteiger partial charge in [0.2, 0.25) is 0 Å². The van der Waals surface area contributed by atoms with E-state index in [0.29, 0.717) is 12.5 Å². The summed E-state index contributed by atoms with van der Waals surface area (Å²) < 4.78 is 5.58. The average Bonchev–Trinajstić information content (AvgIpc) is 2.35. The number of carbonyl (C=O) groups is 1. The predicted octanol–water partition coefficient (Wildman–Crippen LogP) is 3.59. The molecular weight excluding hydrogens is 216 g/mol. The highest BCUT2D eigenvalue weighted by Crippen LogP contribution is 2.16. The lowest BCUT2D eigenvalue weighted by Crippen LogP contribution is -2.05. The third kappa shape index (κ3) is 4.47. The maximum atomic E-state index is 10.7. The van der Waals surface area contributed by atoms with Crippen molar-refractivity contribution in [1.82, 2.24) is 0 Å². The minimum atomic E-state index is -0.909. The van der Waals surface area contributed by atoms with Crippen LogP contribution in [0.1, 0.15) is 43.5 Å². The molecule has 1 N–H and O–H groups in total. The SMILES string of the molecule is CCC(CC)CCOc1ccc(C(=O)O)cc1. The lowest BCUT2D eigenvalue weighted by Gasteiger charge is -2.12. The predicted molar refractivity (Wildman–Crippen MR) is 67.6 cm³/mol. The molecule has 0 saturated carbocycles. The molecule has 0 aliphatic carbocycles. The van der Waals surface area contributed by atoms with E-state index in [1.165, 1.54) is 12.8 Å². The zero-order valence-corrected chi connectivity index (χ0v) is 10.5. The van der Waals surface area contributed by atoms with Crippen molar-refractivity contribution in [2.75, 3.05) is 6.61 Å². The van der Waals surface area contributed by atoms with Crippen molar-refractivity contribution in [3.63, 3.8) is 0 Å². The van der Waals surface area contributed by atoms with Crippen LogP contribution in [0.4, 0.5) is 0 Å². The summed E-state index contributed by atoms with van der Waals surface area (Å²) in [6, 6.07) is 6.54. The molecule has 0 aliphatic heterocycles. The highest BCUT2D eigenvalue weighted by molar-refractivity contribution is 5.87. The van der Waals surface area contributed by atoms with Gasteiger partial charge in [-0.05, 0) is 36.6 Å². The Morgan fingerprint density at radius 2 is 1.82 bits per heavy atom. The topological polar surface area (TPSA) is 46.5 Å². The zero-order valence-electron chi connectivity index (χ0n) is 10.5. The molecule has 0 fully saturated rings. The summed E-state index contributed by atoms with van der Waals surface area (Å²) in [5.41, 5.74) is 0.289. The second-order valence-corrected chi connectivity index (χ2v) is 4.15. The smallest absolute Gasteiger partial charge is 0.335 e. The fraction of sp³-hybridized carbons (Fsp3) is 0.500. The molecule has 0 aliphatic rings. The van der Waals surface area contributed by atoms with E-state index in [-0.39, 0.29) is 5.56 Å². The van der Waals surface area contributed by atoms with Gasteiger partial charge in [0.05, 0.1) is 12.2 Å². The van der Waals surface area contributed by atoms with Crippen LogP contribution < -0.4 is 4.74 Å². The van der Waals surface area contributed by atoms with Gasteiger partial charge in [-0.3, -0.25) is 0 Å². The standard InChI is InChI=1S/C14H20O3/c1-3-11(4-2)9-10-17-13-7-5-12(6-8-13)14(15)16/h5-8,11H,3-4,9-10H2,1-2H3,(H,15,16). The van der Waals surface area contributed by atoms with Crippen molar-refractivity contribution < 1.29 is 14.6 Å². The largest absolute Gasteiger partial charge is 0.494 e. The van der Waals surface area contributed by atoms with Crippen LogP contribution in [0.5, 0.6) is 5.75 Å². The van der Waals surface area contributed by atoms with Gasteiger partial charge in [0.15, 0.2) is 0 Å². The van der Waals surface area contributed by atoms with Crippen molar-refractivity contribution in [2.45, 2.75) is 33.1 Å². The van der Waals surface area contributed by atoms with E-state index in [9.17, 15) is 4.79 Å². The number of rotatable bonds is 7. The summed E-state index contributed by atoms with van der Waals surface area (Å²) in [6.07, 6.45) is 3.41. The molecule has 3 nitrogen and oxygen atoms in total. The molecule has 0 amide bonds. The maximum absolute atomic E-state index is 10.7. The van der Waals surface area contributed by atoms with Crippen LogP contribution in [-0.4, -0.2) is 17.7 Å². The molecule has 0 atom stereocenters. The summed E-state index contributed by atoms with van der Waals surface area (Å²) in [6.45, 7) is 5.07. The number of carboxylic acids is 1. The molecule has 0 radical (unpaired) electrons. The third-order valence-corrected chi connectivity index (χ3v) is 3.05. The molecule has 0 bridgehead atoms. The first-order valence-corrected chi connectivity index (χ1v) is 6.13. The summed E-state index contributed by atoms with van der Waals surface area (Å²) in [5, 5.41) is 8.75. The fourth-order valence-electron chi connectivity index (χ4n) is 1.73. The van der Waals surface area contributed by atoms with Gasteiger partial charge >= 0.3 is 5.97 Å². The van der Waals surface area contributed by atoms with Gasteiger partial charge < -0.3 is 9.84 Å². The molecule has 0 aromatic heterocycles. The van der Waals surface area contributed by atoms with Gasteiger partial charge in [-0.2, -0.15) is 0 Å². The number of benzene rings is 1. The summed E-state index contributed by atoms with van der Waals surface area (Å²) in [7, 11) is 0. The fourth-order valence-corrected chi connectivity index (χ4v) is 1.73. The zero-order chi connectivity index (χ0) is 12.7. The normalized spacial score (nSPS) is 10.5. The highest BCUT2D eigenvalue weighted by Gasteiger charge is 2.04. The number of ether oxygens (including phenoxy) is 1. The summed E-state index contributed by atoms with van der Waals surface area (Å²) in [4.78, 5) is 10.7. The van der Waals surface area contributed by atoms with Crippen LogP contribution in [0, 0.1) is 5.92 Å². The van der Waals surface area contributed by atoms with E-state index >= 15 is 0 Å². The van der Waals surface area contributed by atoms with Crippen LogP contribution in [-0.2, 0) is 0 Å². The minimum Gasteiger partial charge on any atom is -0.494 e. The third-order valence-electron chi connectivity index (χ3n) is 3.05. The van der Waals surface area contributed by atoms with Crippen LogP contribution in [0.15, 0.2) is 24.3 Å². The van der Waals surface area contributed by atoms with Crippen LogP contribution >= 0.6 is 0 Å². The number of hydrogen-bond acceptors (Lipinski definition) is 2. The first-order valence-electron chi connectivity index (χ1n) is 6.13. The molecule has 1 aromatic carbocycles. The van der Waals surface area contributed by atoms with Crippen LogP contribution in [0.2, 0.25) is 0 Å². The van der Waals surface area contributed by atoms with E-state index in [4.69, 9.17) is 9.84 Å². The monoisotopic (exact) mass is 236 g/mol. The summed E-state index contributed by atoms with van der Waals surface area (Å²) >= 11 is 0. The Morgan fingerprint density at radius 3 is 2.29 bits per heavy atom. The van der Waals surface area contributed by atoms with Crippen molar-refractivity contribution in [3.8, 4) is 5.75 Å². The van der Waals surface area contributed by atoms with Crippen molar-refractivity contribution in [3.05, 3.63) is 29.8 Å². The Balaban J connectivity index is 2.39. The van der Waals surface area contributed by atoms with E-state index in [1.807, 2.05) is 0 Å². The molecule has 0 spiro atoms. The molecule has 1 aromatic rings. The highest BCUT2D eigenvalue weighted by atomic mass is 16.5. The molecule has 94 valence electrons.